The van der Waals surface area contributed by atoms with Gasteiger partial charge in [0.1, 0.15) is 17.4 Å². The molecule has 9 nitrogen and oxygen atoms in total. The Morgan fingerprint density at radius 2 is 1.84 bits per heavy atom. The van der Waals surface area contributed by atoms with E-state index in [0.717, 1.165) is 5.56 Å². The second-order valence-corrected chi connectivity index (χ2v) is 10.5. The number of hydrogen-bond donors (Lipinski definition) is 3. The van der Waals surface area contributed by atoms with Crippen LogP contribution in [0.15, 0.2) is 54.6 Å². The fourth-order valence-electron chi connectivity index (χ4n) is 6.70. The number of carbonyl (C=O) groups excluding carboxylic acids is 3. The van der Waals surface area contributed by atoms with Crippen molar-refractivity contribution in [3.05, 3.63) is 60.2 Å². The molecule has 3 fully saturated rings. The lowest BCUT2D eigenvalue weighted by Gasteiger charge is -2.36. The Morgan fingerprint density at radius 3 is 2.47 bits per heavy atom. The molecule has 9 heteroatoms. The molecule has 3 heterocycles. The van der Waals surface area contributed by atoms with E-state index in [1.807, 2.05) is 37.3 Å². The van der Waals surface area contributed by atoms with E-state index in [2.05, 4.69) is 10.6 Å². The van der Waals surface area contributed by atoms with Crippen molar-refractivity contribution < 1.29 is 29.0 Å². The van der Waals surface area contributed by atoms with Crippen molar-refractivity contribution in [3.63, 3.8) is 0 Å². The van der Waals surface area contributed by atoms with Crippen molar-refractivity contribution in [1.29, 1.82) is 0 Å². The monoisotopic (exact) mass is 521 g/mol. The molecule has 3 aliphatic heterocycles. The number of nitrogens with zero attached hydrogens (tertiary/aromatic N) is 1. The summed E-state index contributed by atoms with van der Waals surface area (Å²) in [6, 6.07) is 14.9. The first-order valence-electron chi connectivity index (χ1n) is 13.2. The van der Waals surface area contributed by atoms with Gasteiger partial charge < -0.3 is 30.1 Å². The highest BCUT2D eigenvalue weighted by atomic mass is 16.5. The number of likely N-dealkylation sites (tertiary alicyclic amines) is 1. The van der Waals surface area contributed by atoms with Gasteiger partial charge in [0.05, 0.1) is 37.2 Å². The fraction of sp³-hybridized carbons (Fsp3) is 0.483. The topological polar surface area (TPSA) is 117 Å². The lowest BCUT2D eigenvalue weighted by molar-refractivity contribution is -0.148. The van der Waals surface area contributed by atoms with E-state index in [1.54, 1.807) is 38.3 Å². The molecular weight excluding hydrogens is 486 g/mol. The number of aliphatic hydroxyl groups excluding tert-OH is 1. The molecule has 202 valence electrons. The molecule has 3 aliphatic rings. The molecule has 2 bridgehead atoms. The van der Waals surface area contributed by atoms with Gasteiger partial charge in [-0.2, -0.15) is 0 Å². The summed E-state index contributed by atoms with van der Waals surface area (Å²) in [5, 5.41) is 16.0. The highest BCUT2D eigenvalue weighted by molar-refractivity contribution is 6.04. The van der Waals surface area contributed by atoms with Gasteiger partial charge in [0, 0.05) is 12.2 Å². The summed E-state index contributed by atoms with van der Waals surface area (Å²) >= 11 is 0. The van der Waals surface area contributed by atoms with E-state index in [0.29, 0.717) is 37.2 Å². The number of benzene rings is 2. The van der Waals surface area contributed by atoms with Crippen LogP contribution < -0.4 is 15.4 Å². The van der Waals surface area contributed by atoms with Crippen molar-refractivity contribution >= 4 is 23.4 Å². The number of rotatable bonds is 9. The van der Waals surface area contributed by atoms with Gasteiger partial charge in [-0.05, 0) is 56.0 Å². The Hall–Kier alpha value is -3.43. The molecule has 2 aromatic carbocycles. The molecule has 2 aromatic rings. The molecule has 3 saturated heterocycles. The minimum atomic E-state index is -1.15. The summed E-state index contributed by atoms with van der Waals surface area (Å²) in [7, 11) is 1.56. The van der Waals surface area contributed by atoms with E-state index in [1.165, 1.54) is 4.90 Å². The number of fused-ring (bicyclic) bond motifs is 1. The standard InChI is InChI=1S/C29H35N3O6/c1-4-28-14-15-29(38-28)23(22(28)25(34)30-16-19-8-6-5-7-9-19)27(36)32(18(2)17-33)24(29)26(35)31-20-10-12-21(37-3)13-11-20/h5-13,18,22-24,33H,4,14-17H2,1-3H3,(H,30,34)(H,31,35)/t18-,22+,23+,24?,28-,29?/m1/s1. The van der Waals surface area contributed by atoms with Crippen LogP contribution in [0.1, 0.15) is 38.7 Å². The summed E-state index contributed by atoms with van der Waals surface area (Å²) in [4.78, 5) is 43.0. The maximum atomic E-state index is 14.0. The third-order valence-corrected chi connectivity index (χ3v) is 8.56. The molecule has 0 aliphatic carbocycles. The van der Waals surface area contributed by atoms with Crippen LogP contribution in [0.4, 0.5) is 5.69 Å². The number of amides is 3. The number of aliphatic hydroxyl groups is 1. The third kappa shape index (κ3) is 4.05. The summed E-state index contributed by atoms with van der Waals surface area (Å²) in [6.45, 7) is 3.69. The van der Waals surface area contributed by atoms with Crippen LogP contribution in [-0.2, 0) is 25.7 Å². The molecule has 6 atom stereocenters. The van der Waals surface area contributed by atoms with Gasteiger partial charge >= 0.3 is 0 Å². The summed E-state index contributed by atoms with van der Waals surface area (Å²) < 4.78 is 11.9. The van der Waals surface area contributed by atoms with Crippen molar-refractivity contribution in [2.45, 2.75) is 62.9 Å². The molecule has 0 aromatic heterocycles. The van der Waals surface area contributed by atoms with Crippen molar-refractivity contribution in [3.8, 4) is 5.75 Å². The SMILES string of the molecule is CC[C@]12CCC3(O1)C(C(=O)Nc1ccc(OC)cc1)N([C@H](C)CO)C(=O)[C@@H]3[C@H]2C(=O)NCc1ccccc1. The van der Waals surface area contributed by atoms with Gasteiger partial charge in [-0.3, -0.25) is 14.4 Å². The largest absolute Gasteiger partial charge is 0.497 e. The second-order valence-electron chi connectivity index (χ2n) is 10.5. The van der Waals surface area contributed by atoms with E-state index in [4.69, 9.17) is 9.47 Å². The van der Waals surface area contributed by atoms with Gasteiger partial charge in [-0.15, -0.1) is 0 Å². The molecule has 2 unspecified atom stereocenters. The fourth-order valence-corrected chi connectivity index (χ4v) is 6.70. The van der Waals surface area contributed by atoms with Crippen LogP contribution in [0.25, 0.3) is 0 Å². The molecule has 5 rings (SSSR count). The molecule has 3 amide bonds. The molecule has 0 radical (unpaired) electrons. The third-order valence-electron chi connectivity index (χ3n) is 8.56. The first kappa shape index (κ1) is 26.2. The molecule has 38 heavy (non-hydrogen) atoms. The van der Waals surface area contributed by atoms with Crippen molar-refractivity contribution in [2.24, 2.45) is 11.8 Å². The quantitative estimate of drug-likeness (QED) is 0.467. The van der Waals surface area contributed by atoms with Crippen LogP contribution >= 0.6 is 0 Å². The van der Waals surface area contributed by atoms with Crippen LogP contribution in [0.2, 0.25) is 0 Å². The van der Waals surface area contributed by atoms with Gasteiger partial charge in [-0.1, -0.05) is 37.3 Å². The lowest BCUT2D eigenvalue weighted by Crippen LogP contribution is -2.55. The highest BCUT2D eigenvalue weighted by Crippen LogP contribution is 2.64. The lowest BCUT2D eigenvalue weighted by atomic mass is 9.65. The van der Waals surface area contributed by atoms with Gasteiger partial charge in [-0.25, -0.2) is 0 Å². The molecular formula is C29H35N3O6. The molecule has 1 spiro atoms. The van der Waals surface area contributed by atoms with E-state index >= 15 is 0 Å². The Morgan fingerprint density at radius 1 is 1.13 bits per heavy atom. The molecule has 3 N–H and O–H groups in total. The Labute approximate surface area is 222 Å². The number of nitrogens with one attached hydrogen (secondary N) is 2. The molecule has 0 saturated carbocycles. The zero-order chi connectivity index (χ0) is 27.1. The van der Waals surface area contributed by atoms with E-state index in [-0.39, 0.29) is 18.4 Å². The minimum absolute atomic E-state index is 0.247. The van der Waals surface area contributed by atoms with Crippen molar-refractivity contribution in [2.75, 3.05) is 19.0 Å². The van der Waals surface area contributed by atoms with Crippen LogP contribution in [0, 0.1) is 11.8 Å². The summed E-state index contributed by atoms with van der Waals surface area (Å²) in [5.41, 5.74) is -0.472. The minimum Gasteiger partial charge on any atom is -0.497 e. The smallest absolute Gasteiger partial charge is 0.250 e. The second kappa shape index (κ2) is 10.0. The van der Waals surface area contributed by atoms with Crippen LogP contribution in [0.5, 0.6) is 5.75 Å². The Balaban J connectivity index is 1.48. The van der Waals surface area contributed by atoms with Gasteiger partial charge in [0.25, 0.3) is 0 Å². The summed E-state index contributed by atoms with van der Waals surface area (Å²) in [5.74, 6) is -1.86. The normalized spacial score (nSPS) is 30.2. The van der Waals surface area contributed by atoms with Crippen LogP contribution in [0.3, 0.4) is 0 Å². The average Bonchev–Trinajstić information content (AvgIpc) is 3.55. The van der Waals surface area contributed by atoms with Gasteiger partial charge in [0.15, 0.2) is 0 Å². The first-order chi connectivity index (χ1) is 18.3. The number of ether oxygens (including phenoxy) is 2. The number of anilines is 1. The maximum absolute atomic E-state index is 14.0. The first-order valence-corrected chi connectivity index (χ1v) is 13.2. The maximum Gasteiger partial charge on any atom is 0.250 e. The Kier molecular flexibility index (Phi) is 6.92. The Bertz CT molecular complexity index is 1200. The van der Waals surface area contributed by atoms with Gasteiger partial charge in [0.2, 0.25) is 17.7 Å². The number of hydrogen-bond acceptors (Lipinski definition) is 6. The summed E-state index contributed by atoms with van der Waals surface area (Å²) in [6.07, 6.45) is 1.60. The van der Waals surface area contributed by atoms with Crippen molar-refractivity contribution in [1.82, 2.24) is 10.2 Å². The van der Waals surface area contributed by atoms with E-state index in [9.17, 15) is 19.5 Å². The zero-order valence-electron chi connectivity index (χ0n) is 22.0. The average molecular weight is 522 g/mol. The predicted molar refractivity (Wildman–Crippen MR) is 140 cm³/mol. The number of carbonyl (C=O) groups is 3. The zero-order valence-corrected chi connectivity index (χ0v) is 22.0. The van der Waals surface area contributed by atoms with Crippen LogP contribution in [-0.4, -0.2) is 64.7 Å². The highest BCUT2D eigenvalue weighted by Gasteiger charge is 2.78. The number of methoxy groups -OCH3 is 1. The van der Waals surface area contributed by atoms with E-state index < -0.39 is 41.0 Å². The predicted octanol–water partition coefficient (Wildman–Crippen LogP) is 2.49.